The Labute approximate surface area is 135 Å². The maximum absolute atomic E-state index is 5.70. The lowest BCUT2D eigenvalue weighted by Crippen LogP contribution is -2.19. The van der Waals surface area contributed by atoms with E-state index in [9.17, 15) is 0 Å². The summed E-state index contributed by atoms with van der Waals surface area (Å²) in [6.45, 7) is 3.55. The summed E-state index contributed by atoms with van der Waals surface area (Å²) in [6, 6.07) is 7.59. The van der Waals surface area contributed by atoms with Gasteiger partial charge in [0.05, 0.1) is 0 Å². The van der Waals surface area contributed by atoms with Crippen molar-refractivity contribution in [3.05, 3.63) is 24.3 Å². The summed E-state index contributed by atoms with van der Waals surface area (Å²) in [5.74, 6) is 1.70. The Morgan fingerprint density at radius 2 is 2.05 bits per heavy atom. The van der Waals surface area contributed by atoms with E-state index in [1.165, 1.54) is 11.8 Å². The van der Waals surface area contributed by atoms with Crippen LogP contribution in [-0.4, -0.2) is 48.2 Å². The summed E-state index contributed by atoms with van der Waals surface area (Å²) in [5, 5.41) is 3.85. The first-order chi connectivity index (χ1) is 10.0. The maximum Gasteiger partial charge on any atom is 0.199 e. The van der Waals surface area contributed by atoms with E-state index in [4.69, 9.17) is 22.7 Å². The van der Waals surface area contributed by atoms with Gasteiger partial charge in [-0.05, 0) is 56.3 Å². The molecule has 0 saturated carbocycles. The van der Waals surface area contributed by atoms with Gasteiger partial charge in [-0.1, -0.05) is 18.7 Å². The number of hydrogen-bond acceptors (Lipinski definition) is 4. The predicted octanol–water partition coefficient (Wildman–Crippen LogP) is 2.39. The molecular weight excluding hydrogens is 304 g/mol. The SMILES string of the molecule is CCS/C(N)=N/C(=S)Nc1ccc(OCCN(C)C)cc1. The van der Waals surface area contributed by atoms with Crippen LogP contribution < -0.4 is 15.8 Å². The maximum atomic E-state index is 5.70. The standard InChI is InChI=1S/C14H22N4OS2/c1-4-21-13(15)17-14(20)16-11-5-7-12(8-6-11)19-10-9-18(2)3/h5-8H,4,9-10H2,1-3H3,(H3,15,16,17,20). The van der Waals surface area contributed by atoms with Crippen molar-refractivity contribution in [1.29, 1.82) is 0 Å². The fourth-order valence-corrected chi connectivity index (χ4v) is 2.14. The minimum atomic E-state index is 0.356. The van der Waals surface area contributed by atoms with Gasteiger partial charge in [0, 0.05) is 12.2 Å². The Morgan fingerprint density at radius 3 is 2.62 bits per heavy atom. The van der Waals surface area contributed by atoms with E-state index < -0.39 is 0 Å². The number of hydrogen-bond donors (Lipinski definition) is 2. The van der Waals surface area contributed by atoms with Crippen molar-refractivity contribution in [1.82, 2.24) is 4.90 Å². The largest absolute Gasteiger partial charge is 0.492 e. The number of benzene rings is 1. The number of nitrogens with two attached hydrogens (primary N) is 1. The zero-order valence-corrected chi connectivity index (χ0v) is 14.3. The van der Waals surface area contributed by atoms with Crippen molar-refractivity contribution in [3.63, 3.8) is 0 Å². The van der Waals surface area contributed by atoms with Gasteiger partial charge < -0.3 is 20.7 Å². The summed E-state index contributed by atoms with van der Waals surface area (Å²) < 4.78 is 5.62. The summed E-state index contributed by atoms with van der Waals surface area (Å²) in [5.41, 5.74) is 6.56. The van der Waals surface area contributed by atoms with Gasteiger partial charge in [0.2, 0.25) is 0 Å². The van der Waals surface area contributed by atoms with Crippen LogP contribution in [0.1, 0.15) is 6.92 Å². The number of aliphatic imine (C=N–C) groups is 1. The molecule has 0 bridgehead atoms. The Hall–Kier alpha value is -1.31. The van der Waals surface area contributed by atoms with Crippen LogP contribution in [-0.2, 0) is 0 Å². The topological polar surface area (TPSA) is 62.9 Å². The lowest BCUT2D eigenvalue weighted by molar-refractivity contribution is 0.261. The molecule has 1 rings (SSSR count). The molecule has 1 aromatic rings. The molecule has 21 heavy (non-hydrogen) atoms. The molecule has 0 aliphatic heterocycles. The number of nitrogens with zero attached hydrogens (tertiary/aromatic N) is 2. The molecule has 0 heterocycles. The third-order valence-electron chi connectivity index (χ3n) is 2.42. The minimum Gasteiger partial charge on any atom is -0.492 e. The summed E-state index contributed by atoms with van der Waals surface area (Å²) >= 11 is 6.59. The van der Waals surface area contributed by atoms with Gasteiger partial charge in [-0.25, -0.2) is 0 Å². The zero-order chi connectivity index (χ0) is 15.7. The molecule has 0 aliphatic rings. The third-order valence-corrected chi connectivity index (χ3v) is 3.29. The van der Waals surface area contributed by atoms with Crippen LogP contribution in [0, 0.1) is 0 Å². The van der Waals surface area contributed by atoms with Gasteiger partial charge in [-0.15, -0.1) is 0 Å². The average molecular weight is 326 g/mol. The van der Waals surface area contributed by atoms with Crippen LogP contribution in [0.3, 0.4) is 0 Å². The van der Waals surface area contributed by atoms with E-state index in [1.54, 1.807) is 0 Å². The molecule has 0 radical (unpaired) electrons. The Balaban J connectivity index is 2.47. The molecule has 5 nitrogen and oxygen atoms in total. The molecule has 0 amide bonds. The summed E-state index contributed by atoms with van der Waals surface area (Å²) in [6.07, 6.45) is 0. The number of thioether (sulfide) groups is 1. The molecule has 3 N–H and O–H groups in total. The van der Waals surface area contributed by atoms with E-state index >= 15 is 0 Å². The van der Waals surface area contributed by atoms with Crippen molar-refractivity contribution in [2.75, 3.05) is 38.3 Å². The highest BCUT2D eigenvalue weighted by Gasteiger charge is 2.00. The van der Waals surface area contributed by atoms with Crippen LogP contribution >= 0.6 is 24.0 Å². The zero-order valence-electron chi connectivity index (χ0n) is 12.6. The molecule has 0 unspecified atom stereocenters. The van der Waals surface area contributed by atoms with Crippen LogP contribution in [0.25, 0.3) is 0 Å². The number of amidine groups is 1. The Bertz CT molecular complexity index is 474. The summed E-state index contributed by atoms with van der Waals surface area (Å²) in [7, 11) is 4.03. The number of rotatable bonds is 6. The van der Waals surface area contributed by atoms with Crippen molar-refractivity contribution in [2.24, 2.45) is 10.7 Å². The van der Waals surface area contributed by atoms with Crippen molar-refractivity contribution >= 4 is 39.9 Å². The molecule has 0 atom stereocenters. The number of anilines is 1. The van der Waals surface area contributed by atoms with E-state index in [1.807, 2.05) is 45.3 Å². The number of nitrogens with one attached hydrogen (secondary N) is 1. The van der Waals surface area contributed by atoms with Gasteiger partial charge >= 0.3 is 0 Å². The van der Waals surface area contributed by atoms with Gasteiger partial charge in [0.25, 0.3) is 0 Å². The fourth-order valence-electron chi connectivity index (χ4n) is 1.41. The van der Waals surface area contributed by atoms with E-state index in [2.05, 4.69) is 15.2 Å². The van der Waals surface area contributed by atoms with Crippen LogP contribution in [0.15, 0.2) is 29.3 Å². The van der Waals surface area contributed by atoms with Crippen LogP contribution in [0.4, 0.5) is 5.69 Å². The highest BCUT2D eigenvalue weighted by molar-refractivity contribution is 8.13. The van der Waals surface area contributed by atoms with Crippen LogP contribution in [0.2, 0.25) is 0 Å². The smallest absolute Gasteiger partial charge is 0.199 e. The second-order valence-electron chi connectivity index (χ2n) is 4.49. The third kappa shape index (κ3) is 7.89. The molecule has 0 aliphatic carbocycles. The predicted molar refractivity (Wildman–Crippen MR) is 96.5 cm³/mol. The van der Waals surface area contributed by atoms with Gasteiger partial charge in [0.15, 0.2) is 10.3 Å². The second kappa shape index (κ2) is 9.59. The molecular formula is C14H22N4OS2. The number of likely N-dealkylation sites (N-methyl/N-ethyl adjacent to an activating group) is 1. The molecule has 0 fully saturated rings. The highest BCUT2D eigenvalue weighted by atomic mass is 32.2. The number of ether oxygens (including phenoxy) is 1. The fraction of sp³-hybridized carbons (Fsp3) is 0.429. The normalized spacial score (nSPS) is 11.5. The number of thiocarbonyl (C=S) groups is 1. The Kier molecular flexibility index (Phi) is 8.11. The van der Waals surface area contributed by atoms with E-state index in [0.29, 0.717) is 16.9 Å². The van der Waals surface area contributed by atoms with E-state index in [0.717, 1.165) is 23.7 Å². The molecule has 0 aromatic heterocycles. The van der Waals surface area contributed by atoms with E-state index in [-0.39, 0.29) is 0 Å². The lowest BCUT2D eigenvalue weighted by atomic mass is 10.3. The van der Waals surface area contributed by atoms with Gasteiger partial charge in [-0.3, -0.25) is 0 Å². The van der Waals surface area contributed by atoms with Crippen LogP contribution in [0.5, 0.6) is 5.75 Å². The monoisotopic (exact) mass is 326 g/mol. The first-order valence-corrected chi connectivity index (χ1v) is 8.06. The quantitative estimate of drug-likeness (QED) is 0.475. The second-order valence-corrected chi connectivity index (χ2v) is 6.16. The first-order valence-electron chi connectivity index (χ1n) is 6.66. The van der Waals surface area contributed by atoms with Gasteiger partial charge in [-0.2, -0.15) is 4.99 Å². The van der Waals surface area contributed by atoms with Crippen molar-refractivity contribution in [2.45, 2.75) is 6.92 Å². The molecule has 7 heteroatoms. The van der Waals surface area contributed by atoms with Crippen molar-refractivity contribution in [3.8, 4) is 5.75 Å². The summed E-state index contributed by atoms with van der Waals surface area (Å²) in [4.78, 5) is 6.17. The first kappa shape index (κ1) is 17.7. The molecule has 1 aromatic carbocycles. The van der Waals surface area contributed by atoms with Crippen molar-refractivity contribution < 1.29 is 4.74 Å². The Morgan fingerprint density at radius 1 is 1.38 bits per heavy atom. The lowest BCUT2D eigenvalue weighted by Gasteiger charge is -2.11. The average Bonchev–Trinajstić information content (AvgIpc) is 2.40. The molecule has 116 valence electrons. The minimum absolute atomic E-state index is 0.356. The highest BCUT2D eigenvalue weighted by Crippen LogP contribution is 2.16. The molecule has 0 spiro atoms. The van der Waals surface area contributed by atoms with Gasteiger partial charge in [0.1, 0.15) is 12.4 Å². The molecule has 0 saturated heterocycles.